The van der Waals surface area contributed by atoms with Gasteiger partial charge in [0.2, 0.25) is 0 Å². The number of aryl methyl sites for hydroxylation is 1. The van der Waals surface area contributed by atoms with Gasteiger partial charge in [0.25, 0.3) is 11.8 Å². The predicted octanol–water partition coefficient (Wildman–Crippen LogP) is 4.03. The van der Waals surface area contributed by atoms with E-state index < -0.39 is 5.97 Å². The summed E-state index contributed by atoms with van der Waals surface area (Å²) in [6.45, 7) is 5.84. The first kappa shape index (κ1) is 20.5. The highest BCUT2D eigenvalue weighted by Crippen LogP contribution is 2.36. The minimum absolute atomic E-state index is 0.215. The van der Waals surface area contributed by atoms with Crippen LogP contribution in [0.25, 0.3) is 0 Å². The van der Waals surface area contributed by atoms with Crippen molar-refractivity contribution in [2.24, 2.45) is 5.92 Å². The Morgan fingerprint density at radius 1 is 1.25 bits per heavy atom. The van der Waals surface area contributed by atoms with Crippen LogP contribution in [0.5, 0.6) is 0 Å². The molecule has 3 rings (SSSR count). The molecule has 1 atom stereocenters. The van der Waals surface area contributed by atoms with Crippen LogP contribution in [0.2, 0.25) is 0 Å². The standard InChI is InChI=1S/C20H24N2O4S2/c1-5-26-20(25)15-11(3)16(18(24)21-4)28-19(15)22-17(23)14-9-12-8-10(2)6-7-13(12)27-14/h9-10H,5-8H2,1-4H3,(H,21,24)(H,22,23). The fourth-order valence-corrected chi connectivity index (χ4v) is 5.60. The van der Waals surface area contributed by atoms with Crippen molar-refractivity contribution in [1.29, 1.82) is 0 Å². The topological polar surface area (TPSA) is 84.5 Å². The highest BCUT2D eigenvalue weighted by Gasteiger charge is 2.27. The number of rotatable bonds is 5. The molecule has 1 aliphatic rings. The second-order valence-electron chi connectivity index (χ2n) is 6.92. The number of hydrogen-bond acceptors (Lipinski definition) is 6. The van der Waals surface area contributed by atoms with Gasteiger partial charge in [-0.3, -0.25) is 9.59 Å². The van der Waals surface area contributed by atoms with Crippen molar-refractivity contribution >= 4 is 45.5 Å². The second kappa shape index (κ2) is 8.45. The first-order chi connectivity index (χ1) is 13.3. The number of thiophene rings is 2. The van der Waals surface area contributed by atoms with Crippen molar-refractivity contribution in [2.45, 2.75) is 40.0 Å². The van der Waals surface area contributed by atoms with Gasteiger partial charge >= 0.3 is 5.97 Å². The lowest BCUT2D eigenvalue weighted by Crippen LogP contribution is -2.17. The van der Waals surface area contributed by atoms with Crippen LogP contribution >= 0.6 is 22.7 Å². The summed E-state index contributed by atoms with van der Waals surface area (Å²) in [6, 6.07) is 1.95. The maximum absolute atomic E-state index is 12.9. The van der Waals surface area contributed by atoms with Crippen LogP contribution in [0, 0.1) is 12.8 Å². The lowest BCUT2D eigenvalue weighted by molar-refractivity contribution is 0.0527. The summed E-state index contributed by atoms with van der Waals surface area (Å²) < 4.78 is 5.13. The van der Waals surface area contributed by atoms with E-state index in [0.29, 0.717) is 26.2 Å². The zero-order valence-electron chi connectivity index (χ0n) is 16.4. The maximum Gasteiger partial charge on any atom is 0.341 e. The van der Waals surface area contributed by atoms with Gasteiger partial charge in [-0.15, -0.1) is 22.7 Å². The maximum atomic E-state index is 12.9. The van der Waals surface area contributed by atoms with E-state index in [1.165, 1.54) is 28.8 Å². The number of carbonyl (C=O) groups excluding carboxylic acids is 3. The molecule has 0 bridgehead atoms. The van der Waals surface area contributed by atoms with Gasteiger partial charge in [-0.25, -0.2) is 4.79 Å². The Morgan fingerprint density at radius 2 is 2.00 bits per heavy atom. The molecule has 0 saturated heterocycles. The van der Waals surface area contributed by atoms with Gasteiger partial charge in [0.1, 0.15) is 5.00 Å². The molecule has 8 heteroatoms. The fraction of sp³-hybridized carbons (Fsp3) is 0.450. The van der Waals surface area contributed by atoms with Gasteiger partial charge in [-0.2, -0.15) is 0 Å². The van der Waals surface area contributed by atoms with Gasteiger partial charge in [-0.1, -0.05) is 6.92 Å². The van der Waals surface area contributed by atoms with Crippen LogP contribution in [0.4, 0.5) is 5.00 Å². The van der Waals surface area contributed by atoms with Crippen molar-refractivity contribution in [2.75, 3.05) is 19.0 Å². The third kappa shape index (κ3) is 3.98. The Kier molecular flexibility index (Phi) is 6.20. The Bertz CT molecular complexity index is 929. The summed E-state index contributed by atoms with van der Waals surface area (Å²) in [5.41, 5.74) is 2.00. The molecule has 2 amide bonds. The number of amides is 2. The minimum Gasteiger partial charge on any atom is -0.462 e. The largest absolute Gasteiger partial charge is 0.462 e. The van der Waals surface area contributed by atoms with E-state index in [-0.39, 0.29) is 24.0 Å². The highest BCUT2D eigenvalue weighted by atomic mass is 32.1. The molecule has 0 aromatic carbocycles. The van der Waals surface area contributed by atoms with Gasteiger partial charge in [0, 0.05) is 11.9 Å². The van der Waals surface area contributed by atoms with Crippen LogP contribution in [0.1, 0.15) is 66.0 Å². The Labute approximate surface area is 172 Å². The number of nitrogens with one attached hydrogen (secondary N) is 2. The van der Waals surface area contributed by atoms with E-state index >= 15 is 0 Å². The third-order valence-electron chi connectivity index (χ3n) is 4.84. The molecule has 150 valence electrons. The summed E-state index contributed by atoms with van der Waals surface area (Å²) in [4.78, 5) is 39.7. The lowest BCUT2D eigenvalue weighted by Gasteiger charge is -2.16. The van der Waals surface area contributed by atoms with Crippen molar-refractivity contribution in [3.63, 3.8) is 0 Å². The predicted molar refractivity (Wildman–Crippen MR) is 112 cm³/mol. The Hall–Kier alpha value is -2.19. The van der Waals surface area contributed by atoms with E-state index in [4.69, 9.17) is 4.74 Å². The lowest BCUT2D eigenvalue weighted by atomic mass is 9.90. The molecule has 2 N–H and O–H groups in total. The molecular weight excluding hydrogens is 396 g/mol. The number of carbonyl (C=O) groups is 3. The summed E-state index contributed by atoms with van der Waals surface area (Å²) in [5.74, 6) is -0.471. The second-order valence-corrected chi connectivity index (χ2v) is 9.08. The van der Waals surface area contributed by atoms with Crippen LogP contribution in [0.15, 0.2) is 6.07 Å². The number of esters is 1. The first-order valence-electron chi connectivity index (χ1n) is 9.31. The van der Waals surface area contributed by atoms with Gasteiger partial charge in [0.05, 0.1) is 21.9 Å². The molecule has 2 heterocycles. The Morgan fingerprint density at radius 3 is 2.68 bits per heavy atom. The van der Waals surface area contributed by atoms with Gasteiger partial charge < -0.3 is 15.4 Å². The molecule has 0 spiro atoms. The first-order valence-corrected chi connectivity index (χ1v) is 10.9. The molecule has 1 aliphatic carbocycles. The zero-order valence-corrected chi connectivity index (χ0v) is 18.1. The third-order valence-corrected chi connectivity index (χ3v) is 7.28. The number of hydrogen-bond donors (Lipinski definition) is 2. The average Bonchev–Trinajstić information content (AvgIpc) is 3.22. The molecule has 0 saturated carbocycles. The minimum atomic E-state index is -0.541. The van der Waals surface area contributed by atoms with E-state index in [1.807, 2.05) is 6.07 Å². The number of anilines is 1. The van der Waals surface area contributed by atoms with Crippen LogP contribution in [-0.2, 0) is 17.6 Å². The molecule has 28 heavy (non-hydrogen) atoms. The van der Waals surface area contributed by atoms with Crippen LogP contribution in [-0.4, -0.2) is 31.4 Å². The average molecular weight is 421 g/mol. The molecule has 2 aromatic heterocycles. The number of fused-ring (bicyclic) bond motifs is 1. The van der Waals surface area contributed by atoms with Crippen molar-refractivity contribution < 1.29 is 19.1 Å². The van der Waals surface area contributed by atoms with Crippen molar-refractivity contribution in [3.05, 3.63) is 37.4 Å². The summed E-state index contributed by atoms with van der Waals surface area (Å²) in [6.07, 6.45) is 3.13. The smallest absolute Gasteiger partial charge is 0.341 e. The molecule has 0 fully saturated rings. The SMILES string of the molecule is CCOC(=O)c1c(NC(=O)c2cc3c(s2)CCC(C)C3)sc(C(=O)NC)c1C. The monoisotopic (exact) mass is 420 g/mol. The van der Waals surface area contributed by atoms with Crippen molar-refractivity contribution in [3.8, 4) is 0 Å². The molecule has 1 unspecified atom stereocenters. The van der Waals surface area contributed by atoms with Gasteiger partial charge in [0.15, 0.2) is 0 Å². The normalized spacial score (nSPS) is 15.6. The molecule has 0 radical (unpaired) electrons. The molecular formula is C20H24N2O4S2. The van der Waals surface area contributed by atoms with E-state index in [0.717, 1.165) is 30.6 Å². The fourth-order valence-electron chi connectivity index (χ4n) is 3.36. The summed E-state index contributed by atoms with van der Waals surface area (Å²) in [5, 5.41) is 5.75. The van der Waals surface area contributed by atoms with Gasteiger partial charge in [-0.05, 0) is 56.2 Å². The molecule has 2 aromatic rings. The van der Waals surface area contributed by atoms with E-state index in [2.05, 4.69) is 17.6 Å². The zero-order chi connectivity index (χ0) is 20.4. The number of ether oxygens (including phenoxy) is 1. The Balaban J connectivity index is 1.91. The van der Waals surface area contributed by atoms with E-state index in [9.17, 15) is 14.4 Å². The summed E-state index contributed by atoms with van der Waals surface area (Å²) >= 11 is 2.60. The highest BCUT2D eigenvalue weighted by molar-refractivity contribution is 7.19. The summed E-state index contributed by atoms with van der Waals surface area (Å²) in [7, 11) is 1.53. The molecule has 0 aliphatic heterocycles. The van der Waals surface area contributed by atoms with Crippen molar-refractivity contribution in [1.82, 2.24) is 5.32 Å². The molecule has 6 nitrogen and oxygen atoms in total. The van der Waals surface area contributed by atoms with Crippen LogP contribution in [0.3, 0.4) is 0 Å². The quantitative estimate of drug-likeness (QED) is 0.715. The van der Waals surface area contributed by atoms with Crippen LogP contribution < -0.4 is 10.6 Å². The van der Waals surface area contributed by atoms with E-state index in [1.54, 1.807) is 13.8 Å².